The number of nitrogens with one attached hydrogen (secondary N) is 2. The molecule has 176 valence electrons. The van der Waals surface area contributed by atoms with Gasteiger partial charge < -0.3 is 10.2 Å². The van der Waals surface area contributed by atoms with Crippen LogP contribution < -0.4 is 14.9 Å². The summed E-state index contributed by atoms with van der Waals surface area (Å²) in [6, 6.07) is 18.4. The van der Waals surface area contributed by atoms with Crippen LogP contribution in [-0.4, -0.2) is 26.8 Å². The van der Waals surface area contributed by atoms with E-state index in [0.717, 1.165) is 23.2 Å². The molecule has 0 aromatic heterocycles. The van der Waals surface area contributed by atoms with Gasteiger partial charge in [-0.1, -0.05) is 35.9 Å². The van der Waals surface area contributed by atoms with Crippen LogP contribution in [-0.2, 0) is 21.4 Å². The molecular formula is C25H24ClN3O4S. The maximum Gasteiger partial charge on any atom is 0.261 e. The summed E-state index contributed by atoms with van der Waals surface area (Å²) < 4.78 is 28.2. The van der Waals surface area contributed by atoms with E-state index >= 15 is 0 Å². The zero-order valence-corrected chi connectivity index (χ0v) is 20.1. The molecule has 7 nitrogen and oxygen atoms in total. The van der Waals surface area contributed by atoms with Crippen molar-refractivity contribution in [2.45, 2.75) is 31.2 Å². The second-order valence-electron chi connectivity index (χ2n) is 8.11. The first-order valence-corrected chi connectivity index (χ1v) is 12.7. The van der Waals surface area contributed by atoms with E-state index in [1.165, 1.54) is 18.2 Å². The number of carbonyl (C=O) groups is 2. The van der Waals surface area contributed by atoms with Gasteiger partial charge in [-0.2, -0.15) is 0 Å². The van der Waals surface area contributed by atoms with E-state index in [9.17, 15) is 18.0 Å². The summed E-state index contributed by atoms with van der Waals surface area (Å²) >= 11 is 6.20. The van der Waals surface area contributed by atoms with Gasteiger partial charge in [0.1, 0.15) is 0 Å². The van der Waals surface area contributed by atoms with Crippen molar-refractivity contribution in [3.63, 3.8) is 0 Å². The molecule has 0 spiro atoms. The maximum atomic E-state index is 12.8. The minimum absolute atomic E-state index is 0.0630. The number of aryl methyl sites for hydroxylation is 1. The van der Waals surface area contributed by atoms with Crippen LogP contribution in [0.4, 0.5) is 11.4 Å². The van der Waals surface area contributed by atoms with Crippen molar-refractivity contribution in [2.24, 2.45) is 0 Å². The lowest BCUT2D eigenvalue weighted by atomic mass is 10.1. The number of anilines is 2. The first-order valence-electron chi connectivity index (χ1n) is 10.8. The highest BCUT2D eigenvalue weighted by Crippen LogP contribution is 2.24. The fourth-order valence-electron chi connectivity index (χ4n) is 3.76. The molecule has 1 aliphatic rings. The van der Waals surface area contributed by atoms with Gasteiger partial charge in [0.2, 0.25) is 5.91 Å². The molecule has 0 unspecified atom stereocenters. The van der Waals surface area contributed by atoms with E-state index in [1.54, 1.807) is 23.1 Å². The van der Waals surface area contributed by atoms with Crippen LogP contribution in [0.2, 0.25) is 5.02 Å². The summed E-state index contributed by atoms with van der Waals surface area (Å²) in [5.41, 5.74) is 3.08. The molecule has 4 rings (SSSR count). The summed E-state index contributed by atoms with van der Waals surface area (Å²) in [4.78, 5) is 26.3. The van der Waals surface area contributed by atoms with E-state index in [4.69, 9.17) is 11.6 Å². The van der Waals surface area contributed by atoms with E-state index in [2.05, 4.69) is 10.0 Å². The van der Waals surface area contributed by atoms with Gasteiger partial charge in [-0.05, 0) is 66.9 Å². The third kappa shape index (κ3) is 5.40. The first kappa shape index (κ1) is 23.8. The zero-order chi connectivity index (χ0) is 24.3. The highest BCUT2D eigenvalue weighted by Gasteiger charge is 2.22. The number of hydrogen-bond donors (Lipinski definition) is 2. The molecule has 1 saturated heterocycles. The quantitative estimate of drug-likeness (QED) is 0.502. The van der Waals surface area contributed by atoms with Gasteiger partial charge in [-0.15, -0.1) is 0 Å². The first-order chi connectivity index (χ1) is 16.2. The number of hydrogen-bond acceptors (Lipinski definition) is 4. The molecule has 0 bridgehead atoms. The molecule has 0 aliphatic carbocycles. The van der Waals surface area contributed by atoms with Gasteiger partial charge in [0.05, 0.1) is 15.5 Å². The lowest BCUT2D eigenvalue weighted by Crippen LogP contribution is -2.25. The van der Waals surface area contributed by atoms with Gasteiger partial charge in [0, 0.05) is 30.9 Å². The topological polar surface area (TPSA) is 95.6 Å². The van der Waals surface area contributed by atoms with Crippen molar-refractivity contribution >= 4 is 44.8 Å². The summed E-state index contributed by atoms with van der Waals surface area (Å²) in [7, 11) is -3.91. The molecule has 0 radical (unpaired) electrons. The summed E-state index contributed by atoms with van der Waals surface area (Å²) in [6.07, 6.45) is 1.42. The van der Waals surface area contributed by atoms with Crippen LogP contribution in [0.1, 0.15) is 34.3 Å². The molecule has 3 aromatic carbocycles. The summed E-state index contributed by atoms with van der Waals surface area (Å²) in [6.45, 7) is 2.80. The van der Waals surface area contributed by atoms with E-state index in [1.807, 2.05) is 37.3 Å². The average Bonchev–Trinajstić information content (AvgIpc) is 3.23. The van der Waals surface area contributed by atoms with Crippen molar-refractivity contribution in [3.8, 4) is 0 Å². The Morgan fingerprint density at radius 1 is 1.06 bits per heavy atom. The Balaban J connectivity index is 1.45. The Hall–Kier alpha value is -3.36. The van der Waals surface area contributed by atoms with Gasteiger partial charge in [0.25, 0.3) is 15.9 Å². The van der Waals surface area contributed by atoms with Gasteiger partial charge in [0.15, 0.2) is 0 Å². The smallest absolute Gasteiger partial charge is 0.261 e. The van der Waals surface area contributed by atoms with Gasteiger partial charge in [-0.3, -0.25) is 14.3 Å². The third-order valence-corrected chi connectivity index (χ3v) is 7.25. The molecule has 1 fully saturated rings. The zero-order valence-electron chi connectivity index (χ0n) is 18.5. The fraction of sp³-hybridized carbons (Fsp3) is 0.200. The van der Waals surface area contributed by atoms with Crippen molar-refractivity contribution < 1.29 is 18.0 Å². The van der Waals surface area contributed by atoms with Crippen LogP contribution >= 0.6 is 11.6 Å². The Bertz CT molecular complexity index is 1340. The van der Waals surface area contributed by atoms with Crippen molar-refractivity contribution in [3.05, 3.63) is 88.4 Å². The van der Waals surface area contributed by atoms with Crippen LogP contribution in [0, 0.1) is 6.92 Å². The highest BCUT2D eigenvalue weighted by atomic mass is 35.5. The number of nitrogens with zero attached hydrogens (tertiary/aromatic N) is 1. The summed E-state index contributed by atoms with van der Waals surface area (Å²) in [5, 5.41) is 2.92. The second kappa shape index (κ2) is 9.87. The monoisotopic (exact) mass is 497 g/mol. The molecule has 0 atom stereocenters. The van der Waals surface area contributed by atoms with Crippen molar-refractivity contribution in [1.82, 2.24) is 5.32 Å². The molecular weight excluding hydrogens is 474 g/mol. The predicted octanol–water partition coefficient (Wildman–Crippen LogP) is 4.51. The number of benzene rings is 3. The fourth-order valence-corrected chi connectivity index (χ4v) is 5.04. The van der Waals surface area contributed by atoms with Gasteiger partial charge >= 0.3 is 0 Å². The maximum absolute atomic E-state index is 12.8. The van der Waals surface area contributed by atoms with Crippen molar-refractivity contribution in [1.29, 1.82) is 0 Å². The largest absolute Gasteiger partial charge is 0.348 e. The number of sulfonamides is 1. The Kier molecular flexibility index (Phi) is 6.90. The number of rotatable bonds is 7. The van der Waals surface area contributed by atoms with Crippen LogP contribution in [0.15, 0.2) is 71.6 Å². The molecule has 2 amide bonds. The normalized spacial score (nSPS) is 13.7. The lowest BCUT2D eigenvalue weighted by molar-refractivity contribution is -0.117. The predicted molar refractivity (Wildman–Crippen MR) is 133 cm³/mol. The van der Waals surface area contributed by atoms with Crippen LogP contribution in [0.3, 0.4) is 0 Å². The van der Waals surface area contributed by atoms with Crippen molar-refractivity contribution in [2.75, 3.05) is 16.2 Å². The Labute approximate surface area is 203 Å². The number of carbonyl (C=O) groups excluding carboxylic acids is 2. The standard InChI is InChI=1S/C25H24ClN3O4S/c1-17-4-2-5-19(14-17)28-34(32,33)21-11-12-23(26)22(15-21)25(31)27-16-18-7-9-20(10-8-18)29-13-3-6-24(29)30/h2,4-5,7-12,14-15,28H,3,6,13,16H2,1H3,(H,27,31). The molecule has 34 heavy (non-hydrogen) atoms. The minimum Gasteiger partial charge on any atom is -0.348 e. The SMILES string of the molecule is Cc1cccc(NS(=O)(=O)c2ccc(Cl)c(C(=O)NCc3ccc(N4CCCC4=O)cc3)c2)c1. The van der Waals surface area contributed by atoms with E-state index in [0.29, 0.717) is 18.7 Å². The molecule has 3 aromatic rings. The lowest BCUT2D eigenvalue weighted by Gasteiger charge is -2.16. The molecule has 0 saturated carbocycles. The number of halogens is 1. The Morgan fingerprint density at radius 2 is 1.82 bits per heavy atom. The van der Waals surface area contributed by atoms with Crippen LogP contribution in [0.5, 0.6) is 0 Å². The molecule has 9 heteroatoms. The summed E-state index contributed by atoms with van der Waals surface area (Å²) in [5.74, 6) is -0.376. The minimum atomic E-state index is -3.91. The molecule has 1 aliphatic heterocycles. The highest BCUT2D eigenvalue weighted by molar-refractivity contribution is 7.92. The van der Waals surface area contributed by atoms with E-state index < -0.39 is 15.9 Å². The van der Waals surface area contributed by atoms with Crippen LogP contribution in [0.25, 0.3) is 0 Å². The van der Waals surface area contributed by atoms with Gasteiger partial charge in [-0.25, -0.2) is 8.42 Å². The number of amides is 2. The average molecular weight is 498 g/mol. The molecule has 2 N–H and O–H groups in total. The Morgan fingerprint density at radius 3 is 2.50 bits per heavy atom. The van der Waals surface area contributed by atoms with E-state index in [-0.39, 0.29) is 27.9 Å². The third-order valence-electron chi connectivity index (χ3n) is 5.54. The second-order valence-corrected chi connectivity index (χ2v) is 10.2. The molecule has 1 heterocycles.